The van der Waals surface area contributed by atoms with E-state index in [1.54, 1.807) is 28.6 Å². The predicted molar refractivity (Wildman–Crippen MR) is 120 cm³/mol. The molecule has 1 N–H and O–H groups in total. The minimum absolute atomic E-state index is 0.00980. The molecule has 4 heterocycles. The van der Waals surface area contributed by atoms with Crippen LogP contribution >= 0.6 is 11.8 Å². The molecule has 0 aromatic heterocycles. The maximum absolute atomic E-state index is 13.8. The molecular formula is C23H33N3O4S. The lowest BCUT2D eigenvalue weighted by Crippen LogP contribution is -2.54. The minimum Gasteiger partial charge on any atom is -0.396 e. The molecule has 2 saturated heterocycles. The Morgan fingerprint density at radius 3 is 2.58 bits per heavy atom. The maximum atomic E-state index is 13.8. The van der Waals surface area contributed by atoms with Crippen molar-refractivity contribution in [2.75, 3.05) is 33.3 Å². The van der Waals surface area contributed by atoms with Crippen LogP contribution in [0.15, 0.2) is 24.3 Å². The highest BCUT2D eigenvalue weighted by Crippen LogP contribution is 2.61. The summed E-state index contributed by atoms with van der Waals surface area (Å²) in [4.78, 5) is 46.2. The van der Waals surface area contributed by atoms with E-state index < -0.39 is 22.6 Å². The first-order valence-electron chi connectivity index (χ1n) is 11.3. The summed E-state index contributed by atoms with van der Waals surface area (Å²) in [5.74, 6) is -1.09. The zero-order valence-electron chi connectivity index (χ0n) is 18.6. The first-order valence-corrected chi connectivity index (χ1v) is 12.2. The number of carbonyl (C=O) groups is 3. The van der Waals surface area contributed by atoms with Gasteiger partial charge in [-0.15, -0.1) is 11.8 Å². The molecule has 1 unspecified atom stereocenters. The average molecular weight is 448 g/mol. The van der Waals surface area contributed by atoms with E-state index in [2.05, 4.69) is 12.2 Å². The van der Waals surface area contributed by atoms with Gasteiger partial charge in [0.05, 0.1) is 16.6 Å². The summed E-state index contributed by atoms with van der Waals surface area (Å²) in [6.45, 7) is 5.66. The third kappa shape index (κ3) is 3.52. The van der Waals surface area contributed by atoms with Crippen LogP contribution in [0.4, 0.5) is 0 Å². The van der Waals surface area contributed by atoms with Crippen molar-refractivity contribution >= 4 is 29.5 Å². The number of nitrogens with zero attached hydrogens (tertiary/aromatic N) is 3. The average Bonchev–Trinajstić information content (AvgIpc) is 3.04. The number of aliphatic hydroxyl groups excluding tert-OH is 1. The molecule has 0 saturated carbocycles. The van der Waals surface area contributed by atoms with Crippen LogP contribution in [0.3, 0.4) is 0 Å². The SMILES string of the molecule is CC(C)N1CC=C[C@]23S[C@@H]4C=CCN(C)C(=O)[C@@H]4[C@H]2C(=O)N(CCCCCO)C3C1=O. The predicted octanol–water partition coefficient (Wildman–Crippen LogP) is 1.28. The molecule has 0 aliphatic carbocycles. The second kappa shape index (κ2) is 8.62. The molecule has 31 heavy (non-hydrogen) atoms. The first-order chi connectivity index (χ1) is 14.8. The maximum Gasteiger partial charge on any atom is 0.247 e. The van der Waals surface area contributed by atoms with Gasteiger partial charge in [0.15, 0.2) is 0 Å². The van der Waals surface area contributed by atoms with Gasteiger partial charge in [0.2, 0.25) is 17.7 Å². The van der Waals surface area contributed by atoms with Crippen molar-refractivity contribution in [3.05, 3.63) is 24.3 Å². The number of hydrogen-bond donors (Lipinski definition) is 1. The lowest BCUT2D eigenvalue weighted by Gasteiger charge is -2.36. The molecule has 0 aromatic carbocycles. The van der Waals surface area contributed by atoms with Gasteiger partial charge in [0.1, 0.15) is 6.04 Å². The summed E-state index contributed by atoms with van der Waals surface area (Å²) >= 11 is 1.63. The molecule has 7 nitrogen and oxygen atoms in total. The Labute approximate surface area is 188 Å². The minimum atomic E-state index is -0.720. The molecule has 170 valence electrons. The Morgan fingerprint density at radius 1 is 1.10 bits per heavy atom. The van der Waals surface area contributed by atoms with Crippen LogP contribution in [0.5, 0.6) is 0 Å². The molecule has 0 aromatic rings. The number of aliphatic hydroxyl groups is 1. The van der Waals surface area contributed by atoms with Gasteiger partial charge in [-0.2, -0.15) is 0 Å². The number of likely N-dealkylation sites (tertiary alicyclic amines) is 1. The monoisotopic (exact) mass is 447 g/mol. The van der Waals surface area contributed by atoms with Gasteiger partial charge >= 0.3 is 0 Å². The number of thioether (sulfide) groups is 1. The summed E-state index contributed by atoms with van der Waals surface area (Å²) in [6.07, 6.45) is 10.4. The Kier molecular flexibility index (Phi) is 6.23. The molecule has 1 spiro atoms. The second-order valence-electron chi connectivity index (χ2n) is 9.29. The number of amides is 3. The normalized spacial score (nSPS) is 34.9. The van der Waals surface area contributed by atoms with Crippen molar-refractivity contribution in [2.24, 2.45) is 11.8 Å². The fraction of sp³-hybridized carbons (Fsp3) is 0.696. The Bertz CT molecular complexity index is 813. The molecular weight excluding hydrogens is 414 g/mol. The van der Waals surface area contributed by atoms with Crippen LogP contribution in [-0.2, 0) is 14.4 Å². The van der Waals surface area contributed by atoms with Crippen molar-refractivity contribution in [3.63, 3.8) is 0 Å². The standard InChI is InChI=1S/C23H33N3O4S/c1-15(2)25-13-8-10-23-18(17-16(31-23)9-7-11-24(3)20(17)28)21(29)26(19(23)22(25)30)12-5-4-6-14-27/h7-10,15-19,27H,4-6,11-14H2,1-3H3/t16-,17+,18+,19?,23+/m1/s1. The van der Waals surface area contributed by atoms with Crippen LogP contribution in [0.25, 0.3) is 0 Å². The van der Waals surface area contributed by atoms with Crippen molar-refractivity contribution in [2.45, 2.75) is 55.2 Å². The van der Waals surface area contributed by atoms with E-state index >= 15 is 0 Å². The number of hydrogen-bond acceptors (Lipinski definition) is 5. The zero-order valence-corrected chi connectivity index (χ0v) is 19.4. The quantitative estimate of drug-likeness (QED) is 0.490. The van der Waals surface area contributed by atoms with Gasteiger partial charge in [-0.25, -0.2) is 0 Å². The van der Waals surface area contributed by atoms with Crippen LogP contribution in [-0.4, -0.2) is 92.9 Å². The number of carbonyl (C=O) groups excluding carboxylic acids is 3. The second-order valence-corrected chi connectivity index (χ2v) is 10.8. The molecule has 5 atom stereocenters. The Balaban J connectivity index is 1.76. The molecule has 2 fully saturated rings. The van der Waals surface area contributed by atoms with Crippen LogP contribution in [0.2, 0.25) is 0 Å². The topological polar surface area (TPSA) is 81.2 Å². The Hall–Kier alpha value is -1.80. The smallest absolute Gasteiger partial charge is 0.247 e. The van der Waals surface area contributed by atoms with E-state index in [-0.39, 0.29) is 35.6 Å². The van der Waals surface area contributed by atoms with Gasteiger partial charge in [-0.3, -0.25) is 14.4 Å². The third-order valence-corrected chi connectivity index (χ3v) is 8.82. The highest BCUT2D eigenvalue weighted by Gasteiger charge is 2.70. The number of likely N-dealkylation sites (N-methyl/N-ethyl adjacent to an activating group) is 1. The van der Waals surface area contributed by atoms with Gasteiger partial charge in [0, 0.05) is 44.6 Å². The zero-order chi connectivity index (χ0) is 22.3. The van der Waals surface area contributed by atoms with E-state index in [0.717, 1.165) is 12.8 Å². The molecule has 8 heteroatoms. The van der Waals surface area contributed by atoms with Crippen molar-refractivity contribution < 1.29 is 19.5 Å². The summed E-state index contributed by atoms with van der Waals surface area (Å²) < 4.78 is -0.720. The largest absolute Gasteiger partial charge is 0.396 e. The van der Waals surface area contributed by atoms with Gasteiger partial charge < -0.3 is 19.8 Å². The van der Waals surface area contributed by atoms with E-state index in [1.165, 1.54) is 0 Å². The fourth-order valence-corrected chi connectivity index (χ4v) is 7.56. The summed E-state index contributed by atoms with van der Waals surface area (Å²) in [6, 6.07) is -0.564. The van der Waals surface area contributed by atoms with E-state index in [9.17, 15) is 14.4 Å². The van der Waals surface area contributed by atoms with Gasteiger partial charge in [0.25, 0.3) is 0 Å². The van der Waals surface area contributed by atoms with Crippen LogP contribution < -0.4 is 0 Å². The van der Waals surface area contributed by atoms with E-state index in [1.807, 2.05) is 30.9 Å². The molecule has 4 aliphatic heterocycles. The lowest BCUT2D eigenvalue weighted by atomic mass is 9.78. The Morgan fingerprint density at radius 2 is 1.87 bits per heavy atom. The summed E-state index contributed by atoms with van der Waals surface area (Å²) in [5.41, 5.74) is 0. The number of fused-ring (bicyclic) bond motifs is 2. The van der Waals surface area contributed by atoms with Crippen molar-refractivity contribution in [3.8, 4) is 0 Å². The van der Waals surface area contributed by atoms with E-state index in [4.69, 9.17) is 5.11 Å². The lowest BCUT2D eigenvalue weighted by molar-refractivity contribution is -0.144. The summed E-state index contributed by atoms with van der Waals surface area (Å²) in [7, 11) is 1.78. The molecule has 4 rings (SSSR count). The molecule has 4 aliphatic rings. The van der Waals surface area contributed by atoms with Gasteiger partial charge in [-0.05, 0) is 33.1 Å². The molecule has 0 bridgehead atoms. The highest BCUT2D eigenvalue weighted by molar-refractivity contribution is 8.02. The van der Waals surface area contributed by atoms with Crippen LogP contribution in [0.1, 0.15) is 33.1 Å². The fourth-order valence-electron chi connectivity index (χ4n) is 5.56. The number of unbranched alkanes of at least 4 members (excludes halogenated alkanes) is 2. The summed E-state index contributed by atoms with van der Waals surface area (Å²) in [5, 5.41) is 9.01. The molecule has 3 amide bonds. The van der Waals surface area contributed by atoms with Crippen molar-refractivity contribution in [1.82, 2.24) is 14.7 Å². The van der Waals surface area contributed by atoms with Crippen LogP contribution in [0, 0.1) is 11.8 Å². The third-order valence-electron chi connectivity index (χ3n) is 7.07. The van der Waals surface area contributed by atoms with E-state index in [0.29, 0.717) is 26.1 Å². The van der Waals surface area contributed by atoms with Crippen molar-refractivity contribution in [1.29, 1.82) is 0 Å². The number of rotatable bonds is 6. The highest BCUT2D eigenvalue weighted by atomic mass is 32.2. The molecule has 0 radical (unpaired) electrons. The van der Waals surface area contributed by atoms with Gasteiger partial charge in [-0.1, -0.05) is 24.3 Å². The first kappa shape index (κ1) is 22.4.